The molecule has 0 rings (SSSR count). The summed E-state index contributed by atoms with van der Waals surface area (Å²) in [6.07, 6.45) is 71.7. The van der Waals surface area contributed by atoms with Crippen LogP contribution in [0.15, 0.2) is 72.9 Å². The van der Waals surface area contributed by atoms with Gasteiger partial charge in [0.2, 0.25) is 0 Å². The Balaban J connectivity index is 4.40. The fraction of sp³-hybridized carbons (Fsp3) is 0.758. The Hall–Kier alpha value is -3.15. The lowest BCUT2D eigenvalue weighted by atomic mass is 10.1. The molecule has 0 spiro atoms. The van der Waals surface area contributed by atoms with Crippen molar-refractivity contribution < 1.29 is 28.6 Å². The van der Waals surface area contributed by atoms with Gasteiger partial charge in [0, 0.05) is 19.3 Å². The van der Waals surface area contributed by atoms with Crippen molar-refractivity contribution in [2.45, 2.75) is 290 Å². The van der Waals surface area contributed by atoms with Crippen LogP contribution in [0.5, 0.6) is 0 Å². The molecule has 0 aliphatic heterocycles. The summed E-state index contributed by atoms with van der Waals surface area (Å²) in [6.45, 7) is 6.55. The normalized spacial score (nSPS) is 12.6. The molecule has 0 amide bonds. The second kappa shape index (κ2) is 56.4. The van der Waals surface area contributed by atoms with Gasteiger partial charge in [0.1, 0.15) is 13.2 Å². The van der Waals surface area contributed by atoms with E-state index in [0.29, 0.717) is 19.3 Å². The molecule has 392 valence electrons. The topological polar surface area (TPSA) is 78.9 Å². The van der Waals surface area contributed by atoms with Crippen LogP contribution in [0.2, 0.25) is 0 Å². The first kappa shape index (κ1) is 64.8. The number of carbonyl (C=O) groups excluding carboxylic acids is 3. The average molecular weight is 950 g/mol. The minimum Gasteiger partial charge on any atom is -0.462 e. The molecule has 0 aromatic carbocycles. The van der Waals surface area contributed by atoms with Gasteiger partial charge < -0.3 is 14.2 Å². The minimum absolute atomic E-state index is 0.0899. The number of hydrogen-bond donors (Lipinski definition) is 0. The van der Waals surface area contributed by atoms with Gasteiger partial charge in [0.05, 0.1) is 0 Å². The zero-order chi connectivity index (χ0) is 49.3. The summed E-state index contributed by atoms with van der Waals surface area (Å²) in [5, 5.41) is 0. The Morgan fingerprint density at radius 1 is 0.294 bits per heavy atom. The summed E-state index contributed by atoms with van der Waals surface area (Å²) in [6, 6.07) is 0. The van der Waals surface area contributed by atoms with Crippen molar-refractivity contribution in [2.24, 2.45) is 0 Å². The third-order valence-electron chi connectivity index (χ3n) is 12.4. The molecule has 6 nitrogen and oxygen atoms in total. The van der Waals surface area contributed by atoms with Gasteiger partial charge in [-0.25, -0.2) is 0 Å². The molecule has 0 heterocycles. The van der Waals surface area contributed by atoms with Crippen molar-refractivity contribution in [3.05, 3.63) is 72.9 Å². The third kappa shape index (κ3) is 53.8. The average Bonchev–Trinajstić information content (AvgIpc) is 3.34. The standard InChI is InChI=1S/C62H108O6/c1-4-7-10-13-16-19-22-25-27-29-30-31-32-33-35-37-40-43-46-49-52-55-61(64)67-58-59(57-66-60(63)54-51-48-45-42-39-36-24-21-18-15-12-9-6-3)68-62(65)56-53-50-47-44-41-38-34-28-26-23-20-17-14-11-8-5-2/h12,15,21-22,24-25,28-30,32-34,59H,4-11,13-14,16-20,23,26-27,31,35-58H2,1-3H3/b15-12-,24-21-,25-22-,30-29-,33-32-,34-28-. The molecule has 0 saturated heterocycles. The summed E-state index contributed by atoms with van der Waals surface area (Å²) in [5.41, 5.74) is 0. The molecular formula is C62H108O6. The molecular weight excluding hydrogens is 841 g/mol. The second-order valence-electron chi connectivity index (χ2n) is 19.2. The molecule has 0 saturated carbocycles. The van der Waals surface area contributed by atoms with Crippen molar-refractivity contribution in [1.29, 1.82) is 0 Å². The molecule has 0 bridgehead atoms. The van der Waals surface area contributed by atoms with Crippen LogP contribution in [-0.4, -0.2) is 37.2 Å². The fourth-order valence-electron chi connectivity index (χ4n) is 8.01. The van der Waals surface area contributed by atoms with Gasteiger partial charge in [-0.05, 0) is 109 Å². The van der Waals surface area contributed by atoms with E-state index in [4.69, 9.17) is 14.2 Å². The predicted molar refractivity (Wildman–Crippen MR) is 293 cm³/mol. The Kier molecular flexibility index (Phi) is 53.8. The van der Waals surface area contributed by atoms with E-state index < -0.39 is 6.10 Å². The highest BCUT2D eigenvalue weighted by Gasteiger charge is 2.19. The molecule has 0 aromatic rings. The van der Waals surface area contributed by atoms with Crippen molar-refractivity contribution in [2.75, 3.05) is 13.2 Å². The molecule has 68 heavy (non-hydrogen) atoms. The first-order valence-corrected chi connectivity index (χ1v) is 28.9. The van der Waals surface area contributed by atoms with Crippen LogP contribution >= 0.6 is 0 Å². The molecule has 1 unspecified atom stereocenters. The maximum Gasteiger partial charge on any atom is 0.306 e. The molecule has 6 heteroatoms. The number of carbonyl (C=O) groups is 3. The van der Waals surface area contributed by atoms with Crippen LogP contribution in [0.4, 0.5) is 0 Å². The van der Waals surface area contributed by atoms with E-state index >= 15 is 0 Å². The van der Waals surface area contributed by atoms with Crippen molar-refractivity contribution >= 4 is 17.9 Å². The van der Waals surface area contributed by atoms with Crippen LogP contribution in [-0.2, 0) is 28.6 Å². The number of allylic oxidation sites excluding steroid dienone is 12. The van der Waals surface area contributed by atoms with Crippen molar-refractivity contribution in [1.82, 2.24) is 0 Å². The fourth-order valence-corrected chi connectivity index (χ4v) is 8.01. The highest BCUT2D eigenvalue weighted by Crippen LogP contribution is 2.14. The van der Waals surface area contributed by atoms with Gasteiger partial charge in [-0.3, -0.25) is 14.4 Å². The lowest BCUT2D eigenvalue weighted by Crippen LogP contribution is -2.30. The van der Waals surface area contributed by atoms with Gasteiger partial charge in [-0.1, -0.05) is 229 Å². The largest absolute Gasteiger partial charge is 0.462 e. The third-order valence-corrected chi connectivity index (χ3v) is 12.4. The van der Waals surface area contributed by atoms with E-state index in [2.05, 4.69) is 93.7 Å². The second-order valence-corrected chi connectivity index (χ2v) is 19.2. The lowest BCUT2D eigenvalue weighted by molar-refractivity contribution is -0.167. The molecule has 0 aliphatic carbocycles. The zero-order valence-electron chi connectivity index (χ0n) is 44.9. The Bertz CT molecular complexity index is 1270. The number of esters is 3. The molecule has 0 fully saturated rings. The van der Waals surface area contributed by atoms with E-state index in [1.54, 1.807) is 0 Å². The van der Waals surface area contributed by atoms with Crippen LogP contribution in [0.1, 0.15) is 284 Å². The summed E-state index contributed by atoms with van der Waals surface area (Å²) >= 11 is 0. The van der Waals surface area contributed by atoms with Gasteiger partial charge in [0.15, 0.2) is 6.10 Å². The lowest BCUT2D eigenvalue weighted by Gasteiger charge is -2.18. The predicted octanol–water partition coefficient (Wildman–Crippen LogP) is 19.4. The highest BCUT2D eigenvalue weighted by atomic mass is 16.6. The molecule has 0 aromatic heterocycles. The van der Waals surface area contributed by atoms with Gasteiger partial charge in [-0.2, -0.15) is 0 Å². The summed E-state index contributed by atoms with van der Waals surface area (Å²) in [7, 11) is 0. The first-order valence-electron chi connectivity index (χ1n) is 28.9. The molecule has 1 atom stereocenters. The van der Waals surface area contributed by atoms with E-state index in [1.807, 2.05) is 0 Å². The van der Waals surface area contributed by atoms with Crippen molar-refractivity contribution in [3.8, 4) is 0 Å². The van der Waals surface area contributed by atoms with Crippen LogP contribution < -0.4 is 0 Å². The Morgan fingerprint density at radius 3 is 0.897 bits per heavy atom. The zero-order valence-corrected chi connectivity index (χ0v) is 44.9. The first-order chi connectivity index (χ1) is 33.5. The summed E-state index contributed by atoms with van der Waals surface area (Å²) < 4.78 is 16.8. The maximum atomic E-state index is 12.8. The highest BCUT2D eigenvalue weighted by molar-refractivity contribution is 5.71. The molecule has 0 aliphatic rings. The number of unbranched alkanes of at least 4 members (excludes halogenated alkanes) is 29. The van der Waals surface area contributed by atoms with Gasteiger partial charge >= 0.3 is 17.9 Å². The van der Waals surface area contributed by atoms with Gasteiger partial charge in [0.25, 0.3) is 0 Å². The van der Waals surface area contributed by atoms with Crippen LogP contribution in [0.25, 0.3) is 0 Å². The number of hydrogen-bond acceptors (Lipinski definition) is 6. The number of rotatable bonds is 52. The van der Waals surface area contributed by atoms with E-state index in [1.165, 1.54) is 122 Å². The molecule has 0 N–H and O–H groups in total. The maximum absolute atomic E-state index is 12.8. The SMILES string of the molecule is CCC/C=C\C/C=C\CCCCCCCC(=O)OCC(COC(=O)CCCCCCCC/C=C\C/C=C\C/C=C\CCCCCCC)OC(=O)CCCCCCC/C=C\CCCCCCCCC. The summed E-state index contributed by atoms with van der Waals surface area (Å²) in [4.78, 5) is 38.1. The van der Waals surface area contributed by atoms with E-state index in [-0.39, 0.29) is 31.1 Å². The number of ether oxygens (including phenoxy) is 3. The minimum atomic E-state index is -0.791. The van der Waals surface area contributed by atoms with Crippen LogP contribution in [0.3, 0.4) is 0 Å². The van der Waals surface area contributed by atoms with E-state index in [0.717, 1.165) is 122 Å². The van der Waals surface area contributed by atoms with Gasteiger partial charge in [-0.15, -0.1) is 0 Å². The van der Waals surface area contributed by atoms with Crippen molar-refractivity contribution in [3.63, 3.8) is 0 Å². The monoisotopic (exact) mass is 949 g/mol. The van der Waals surface area contributed by atoms with E-state index in [9.17, 15) is 14.4 Å². The Labute approximate surface area is 421 Å². The smallest absolute Gasteiger partial charge is 0.306 e. The molecule has 0 radical (unpaired) electrons. The summed E-state index contributed by atoms with van der Waals surface area (Å²) in [5.74, 6) is -0.917. The quantitative estimate of drug-likeness (QED) is 0.0262. The van der Waals surface area contributed by atoms with Crippen LogP contribution in [0, 0.1) is 0 Å². The Morgan fingerprint density at radius 2 is 0.559 bits per heavy atom.